The maximum atomic E-state index is 11.0. The molecule has 0 heterocycles. The number of hydrogen-bond acceptors (Lipinski definition) is 2. The number of rotatable bonds is 5. The third-order valence-corrected chi connectivity index (χ3v) is 6.02. The van der Waals surface area contributed by atoms with E-state index >= 15 is 0 Å². The number of benzene rings is 2. The predicted octanol–water partition coefficient (Wildman–Crippen LogP) is 4.93. The molecule has 3 rings (SSSR count). The molecule has 1 fully saturated rings. The lowest BCUT2D eigenvalue weighted by Gasteiger charge is -2.25. The molecule has 0 spiro atoms. The van der Waals surface area contributed by atoms with Gasteiger partial charge in [0, 0.05) is 4.90 Å². The van der Waals surface area contributed by atoms with Gasteiger partial charge in [0.05, 0.1) is 10.9 Å². The standard InChI is InChI=1S/C19H22OS/c1-14(2)17-13-19(17,21-16-11-7-4-8-12-16)18(20)15-9-5-3-6-10-15/h3-12,14,17-18,20H,13H2,1-2H3/t17-,18+,19-/m1/s1. The minimum absolute atomic E-state index is 0.0725. The summed E-state index contributed by atoms with van der Waals surface area (Å²) in [6, 6.07) is 20.5. The van der Waals surface area contributed by atoms with E-state index in [0.717, 1.165) is 12.0 Å². The second kappa shape index (κ2) is 5.86. The lowest BCUT2D eigenvalue weighted by Crippen LogP contribution is -2.21. The molecule has 110 valence electrons. The van der Waals surface area contributed by atoms with Gasteiger partial charge in [-0.2, -0.15) is 0 Å². The highest BCUT2D eigenvalue weighted by Gasteiger charge is 2.60. The molecular weight excluding hydrogens is 276 g/mol. The van der Waals surface area contributed by atoms with Crippen molar-refractivity contribution in [1.29, 1.82) is 0 Å². The van der Waals surface area contributed by atoms with Crippen molar-refractivity contribution in [3.8, 4) is 0 Å². The molecule has 1 N–H and O–H groups in total. The Labute approximate surface area is 131 Å². The van der Waals surface area contributed by atoms with Crippen LogP contribution >= 0.6 is 11.8 Å². The zero-order valence-corrected chi connectivity index (χ0v) is 13.4. The summed E-state index contributed by atoms with van der Waals surface area (Å²) in [7, 11) is 0. The summed E-state index contributed by atoms with van der Waals surface area (Å²) >= 11 is 1.85. The minimum Gasteiger partial charge on any atom is -0.387 e. The monoisotopic (exact) mass is 298 g/mol. The second-order valence-electron chi connectivity index (χ2n) is 6.24. The molecule has 1 aliphatic carbocycles. The van der Waals surface area contributed by atoms with E-state index < -0.39 is 6.10 Å². The molecular formula is C19H22OS. The molecule has 3 atom stereocenters. The Morgan fingerprint density at radius 2 is 1.57 bits per heavy atom. The van der Waals surface area contributed by atoms with Gasteiger partial charge >= 0.3 is 0 Å². The fourth-order valence-electron chi connectivity index (χ4n) is 3.20. The second-order valence-corrected chi connectivity index (χ2v) is 7.67. The number of hydrogen-bond donors (Lipinski definition) is 1. The van der Waals surface area contributed by atoms with Gasteiger partial charge in [0.25, 0.3) is 0 Å². The summed E-state index contributed by atoms with van der Waals surface area (Å²) in [6.45, 7) is 4.52. The molecule has 21 heavy (non-hydrogen) atoms. The quantitative estimate of drug-likeness (QED) is 0.845. The van der Waals surface area contributed by atoms with Gasteiger partial charge in [-0.25, -0.2) is 0 Å². The summed E-state index contributed by atoms with van der Waals surface area (Å²) in [5.74, 6) is 1.16. The Morgan fingerprint density at radius 1 is 1.00 bits per heavy atom. The van der Waals surface area contributed by atoms with Gasteiger partial charge in [0.15, 0.2) is 0 Å². The Hall–Kier alpha value is -1.25. The summed E-state index contributed by atoms with van der Waals surface area (Å²) in [5.41, 5.74) is 1.03. The molecule has 0 radical (unpaired) electrons. The highest BCUT2D eigenvalue weighted by molar-refractivity contribution is 8.01. The van der Waals surface area contributed by atoms with Crippen LogP contribution in [0.25, 0.3) is 0 Å². The smallest absolute Gasteiger partial charge is 0.0943 e. The van der Waals surface area contributed by atoms with Crippen molar-refractivity contribution in [1.82, 2.24) is 0 Å². The largest absolute Gasteiger partial charge is 0.387 e. The molecule has 0 bridgehead atoms. The van der Waals surface area contributed by atoms with Crippen LogP contribution in [0.5, 0.6) is 0 Å². The molecule has 2 heteroatoms. The van der Waals surface area contributed by atoms with Gasteiger partial charge in [-0.1, -0.05) is 62.4 Å². The first-order valence-corrected chi connectivity index (χ1v) is 8.42. The Balaban J connectivity index is 1.88. The first-order chi connectivity index (χ1) is 10.1. The third kappa shape index (κ3) is 2.88. The highest BCUT2D eigenvalue weighted by Crippen LogP contribution is 2.65. The number of thioether (sulfide) groups is 1. The van der Waals surface area contributed by atoms with E-state index in [1.807, 2.05) is 48.2 Å². The van der Waals surface area contributed by atoms with Gasteiger partial charge in [-0.05, 0) is 36.0 Å². The normalized spacial score (nSPS) is 25.8. The fraction of sp³-hybridized carbons (Fsp3) is 0.368. The van der Waals surface area contributed by atoms with Gasteiger partial charge in [0.1, 0.15) is 0 Å². The first-order valence-electron chi connectivity index (χ1n) is 7.60. The van der Waals surface area contributed by atoms with Crippen molar-refractivity contribution in [2.45, 2.75) is 36.0 Å². The van der Waals surface area contributed by atoms with Crippen molar-refractivity contribution in [3.63, 3.8) is 0 Å². The molecule has 0 amide bonds. The van der Waals surface area contributed by atoms with Crippen molar-refractivity contribution in [2.24, 2.45) is 11.8 Å². The summed E-state index contributed by atoms with van der Waals surface area (Å²) in [5, 5.41) is 11.0. The van der Waals surface area contributed by atoms with Crippen molar-refractivity contribution < 1.29 is 5.11 Å². The van der Waals surface area contributed by atoms with Crippen LogP contribution in [-0.4, -0.2) is 9.85 Å². The van der Waals surface area contributed by atoms with Crippen LogP contribution in [0.1, 0.15) is 31.9 Å². The molecule has 1 nitrogen and oxygen atoms in total. The van der Waals surface area contributed by atoms with E-state index in [9.17, 15) is 5.11 Å². The van der Waals surface area contributed by atoms with Crippen LogP contribution in [0, 0.1) is 11.8 Å². The van der Waals surface area contributed by atoms with Crippen LogP contribution in [-0.2, 0) is 0 Å². The van der Waals surface area contributed by atoms with E-state index in [1.165, 1.54) is 4.90 Å². The zero-order valence-electron chi connectivity index (χ0n) is 12.6. The SMILES string of the molecule is CC(C)[C@H]1C[C@]1(Sc1ccccc1)[C@@H](O)c1ccccc1. The Bertz CT molecular complexity index is 581. The molecule has 1 aliphatic rings. The van der Waals surface area contributed by atoms with Crippen LogP contribution in [0.3, 0.4) is 0 Å². The summed E-state index contributed by atoms with van der Waals surface area (Å²) in [6.07, 6.45) is 0.677. The maximum Gasteiger partial charge on any atom is 0.0943 e. The van der Waals surface area contributed by atoms with E-state index in [4.69, 9.17) is 0 Å². The molecule has 2 aromatic rings. The Kier molecular flexibility index (Phi) is 4.10. The third-order valence-electron chi connectivity index (χ3n) is 4.44. The molecule has 1 saturated carbocycles. The van der Waals surface area contributed by atoms with Crippen molar-refractivity contribution in [2.75, 3.05) is 0 Å². The lowest BCUT2D eigenvalue weighted by molar-refractivity contribution is 0.157. The highest BCUT2D eigenvalue weighted by atomic mass is 32.2. The van der Waals surface area contributed by atoms with E-state index in [-0.39, 0.29) is 4.75 Å². The fourth-order valence-corrected chi connectivity index (χ4v) is 4.86. The van der Waals surface area contributed by atoms with E-state index in [1.54, 1.807) is 0 Å². The summed E-state index contributed by atoms with van der Waals surface area (Å²) in [4.78, 5) is 1.25. The molecule has 0 aromatic heterocycles. The van der Waals surface area contributed by atoms with Gasteiger partial charge in [0.2, 0.25) is 0 Å². The van der Waals surface area contributed by atoms with Crippen LogP contribution in [0.4, 0.5) is 0 Å². The maximum absolute atomic E-state index is 11.0. The van der Waals surface area contributed by atoms with Crippen LogP contribution in [0.15, 0.2) is 65.6 Å². The number of aliphatic hydroxyl groups is 1. The minimum atomic E-state index is -0.406. The van der Waals surface area contributed by atoms with E-state index in [0.29, 0.717) is 11.8 Å². The lowest BCUT2D eigenvalue weighted by atomic mass is 9.99. The molecule has 0 unspecified atom stereocenters. The average molecular weight is 298 g/mol. The predicted molar refractivity (Wildman–Crippen MR) is 89.4 cm³/mol. The van der Waals surface area contributed by atoms with Crippen LogP contribution < -0.4 is 0 Å². The molecule has 0 aliphatic heterocycles. The molecule has 0 saturated heterocycles. The Morgan fingerprint density at radius 3 is 2.10 bits per heavy atom. The van der Waals surface area contributed by atoms with Gasteiger partial charge < -0.3 is 5.11 Å². The van der Waals surface area contributed by atoms with Gasteiger partial charge in [-0.3, -0.25) is 0 Å². The van der Waals surface area contributed by atoms with Gasteiger partial charge in [-0.15, -0.1) is 11.8 Å². The van der Waals surface area contributed by atoms with E-state index in [2.05, 4.69) is 38.1 Å². The first kappa shape index (κ1) is 14.7. The van der Waals surface area contributed by atoms with Crippen LogP contribution in [0.2, 0.25) is 0 Å². The average Bonchev–Trinajstić information content (AvgIpc) is 3.24. The van der Waals surface area contributed by atoms with Crippen molar-refractivity contribution in [3.05, 3.63) is 66.2 Å². The topological polar surface area (TPSA) is 20.2 Å². The summed E-state index contributed by atoms with van der Waals surface area (Å²) < 4.78 is -0.0725. The van der Waals surface area contributed by atoms with Crippen molar-refractivity contribution >= 4 is 11.8 Å². The zero-order chi connectivity index (χ0) is 14.9. The number of aliphatic hydroxyl groups excluding tert-OH is 1. The molecule has 2 aromatic carbocycles.